The van der Waals surface area contributed by atoms with Gasteiger partial charge in [-0.25, -0.2) is 0 Å². The lowest BCUT2D eigenvalue weighted by molar-refractivity contribution is -0.117. The molecule has 122 valence electrons. The van der Waals surface area contributed by atoms with Gasteiger partial charge in [-0.2, -0.15) is 4.99 Å². The quantitative estimate of drug-likeness (QED) is 0.788. The number of amides is 2. The van der Waals surface area contributed by atoms with Gasteiger partial charge in [-0.3, -0.25) is 9.59 Å². The Hall–Kier alpha value is -1.80. The summed E-state index contributed by atoms with van der Waals surface area (Å²) >= 11 is 4.56. The van der Waals surface area contributed by atoms with Crippen molar-refractivity contribution in [2.45, 2.75) is 13.8 Å². The van der Waals surface area contributed by atoms with Crippen molar-refractivity contribution >= 4 is 50.7 Å². The fourth-order valence-electron chi connectivity index (χ4n) is 1.87. The van der Waals surface area contributed by atoms with Gasteiger partial charge in [0.1, 0.15) is 0 Å². The van der Waals surface area contributed by atoms with Crippen LogP contribution in [0.3, 0.4) is 0 Å². The van der Waals surface area contributed by atoms with E-state index < -0.39 is 0 Å². The normalized spacial score (nSPS) is 15.6. The second-order valence-electron chi connectivity index (χ2n) is 4.48. The van der Waals surface area contributed by atoms with E-state index in [1.807, 2.05) is 13.0 Å². The Morgan fingerprint density at radius 3 is 2.83 bits per heavy atom. The molecule has 2 rings (SSSR count). The molecule has 1 aliphatic rings. The van der Waals surface area contributed by atoms with Crippen molar-refractivity contribution in [3.8, 4) is 11.5 Å². The summed E-state index contributed by atoms with van der Waals surface area (Å²) in [7, 11) is 1.55. The highest BCUT2D eigenvalue weighted by molar-refractivity contribution is 9.10. The molecule has 0 fully saturated rings. The molecule has 0 bridgehead atoms. The van der Waals surface area contributed by atoms with Crippen molar-refractivity contribution in [2.75, 3.05) is 13.7 Å². The van der Waals surface area contributed by atoms with Crippen LogP contribution in [0.5, 0.6) is 11.5 Å². The van der Waals surface area contributed by atoms with Gasteiger partial charge < -0.3 is 14.8 Å². The molecule has 0 saturated heterocycles. The van der Waals surface area contributed by atoms with Crippen molar-refractivity contribution in [3.63, 3.8) is 0 Å². The van der Waals surface area contributed by atoms with E-state index in [-0.39, 0.29) is 17.0 Å². The number of halogens is 1. The van der Waals surface area contributed by atoms with Crippen LogP contribution in [0.2, 0.25) is 0 Å². The Kier molecular flexibility index (Phi) is 5.84. The van der Waals surface area contributed by atoms with Crippen LogP contribution in [0, 0.1) is 0 Å². The highest BCUT2D eigenvalue weighted by atomic mass is 79.9. The predicted molar refractivity (Wildman–Crippen MR) is 93.7 cm³/mol. The summed E-state index contributed by atoms with van der Waals surface area (Å²) in [5, 5.41) is 2.79. The number of rotatable bonds is 4. The van der Waals surface area contributed by atoms with E-state index >= 15 is 0 Å². The van der Waals surface area contributed by atoms with Gasteiger partial charge in [0.05, 0.1) is 23.1 Å². The van der Waals surface area contributed by atoms with Crippen molar-refractivity contribution in [1.82, 2.24) is 5.32 Å². The van der Waals surface area contributed by atoms with Crippen molar-refractivity contribution in [3.05, 3.63) is 27.1 Å². The van der Waals surface area contributed by atoms with E-state index in [1.165, 1.54) is 6.92 Å². The maximum Gasteiger partial charge on any atom is 0.286 e. The maximum atomic E-state index is 11.9. The van der Waals surface area contributed by atoms with Crippen LogP contribution in [-0.2, 0) is 9.59 Å². The molecule has 1 N–H and O–H groups in total. The first-order valence-corrected chi connectivity index (χ1v) is 8.36. The van der Waals surface area contributed by atoms with Gasteiger partial charge in [0.25, 0.3) is 5.91 Å². The largest absolute Gasteiger partial charge is 0.493 e. The van der Waals surface area contributed by atoms with Crippen molar-refractivity contribution < 1.29 is 19.1 Å². The Morgan fingerprint density at radius 1 is 1.48 bits per heavy atom. The van der Waals surface area contributed by atoms with Crippen LogP contribution in [0.25, 0.3) is 6.08 Å². The van der Waals surface area contributed by atoms with E-state index in [0.29, 0.717) is 23.0 Å². The molecule has 0 unspecified atom stereocenters. The van der Waals surface area contributed by atoms with Crippen molar-refractivity contribution in [2.24, 2.45) is 4.99 Å². The summed E-state index contributed by atoms with van der Waals surface area (Å²) in [4.78, 5) is 27.1. The highest BCUT2D eigenvalue weighted by Crippen LogP contribution is 2.38. The van der Waals surface area contributed by atoms with Crippen LogP contribution in [0.4, 0.5) is 0 Å². The Labute approximate surface area is 146 Å². The number of thioether (sulfide) groups is 1. The fraction of sp³-hybridized carbons (Fsp3) is 0.267. The first-order valence-electron chi connectivity index (χ1n) is 6.75. The summed E-state index contributed by atoms with van der Waals surface area (Å²) in [6, 6.07) is 3.59. The molecule has 0 atom stereocenters. The SMILES string of the molecule is CCOc1c(Br)cc(/C=C2\SC(NC(C)=O)=NC2=O)cc1OC. The summed E-state index contributed by atoms with van der Waals surface area (Å²) in [5.74, 6) is 0.516. The molecular formula is C15H15BrN2O4S. The molecular weight excluding hydrogens is 384 g/mol. The minimum atomic E-state index is -0.386. The number of aliphatic imine (C=N–C) groups is 1. The van der Waals surface area contributed by atoms with Gasteiger partial charge in [0.15, 0.2) is 16.7 Å². The number of nitrogens with zero attached hydrogens (tertiary/aromatic N) is 1. The van der Waals surface area contributed by atoms with Gasteiger partial charge in [-0.05, 0) is 58.4 Å². The molecule has 1 heterocycles. The molecule has 23 heavy (non-hydrogen) atoms. The second kappa shape index (κ2) is 7.65. The minimum absolute atomic E-state index is 0.268. The average molecular weight is 399 g/mol. The molecule has 1 aliphatic heterocycles. The Balaban J connectivity index is 2.28. The van der Waals surface area contributed by atoms with E-state index in [9.17, 15) is 9.59 Å². The topological polar surface area (TPSA) is 77.0 Å². The van der Waals surface area contributed by atoms with Crippen molar-refractivity contribution in [1.29, 1.82) is 0 Å². The first-order chi connectivity index (χ1) is 10.9. The summed E-state index contributed by atoms with van der Waals surface area (Å²) < 4.78 is 11.6. The van der Waals surface area contributed by atoms with Crippen LogP contribution in [0.15, 0.2) is 26.5 Å². The average Bonchev–Trinajstić information content (AvgIpc) is 2.80. The number of carbonyl (C=O) groups excluding carboxylic acids is 2. The highest BCUT2D eigenvalue weighted by Gasteiger charge is 2.23. The van der Waals surface area contributed by atoms with E-state index in [1.54, 1.807) is 19.3 Å². The van der Waals surface area contributed by atoms with Gasteiger partial charge in [-0.1, -0.05) is 0 Å². The third-order valence-corrected chi connectivity index (χ3v) is 4.23. The number of hydrogen-bond acceptors (Lipinski definition) is 5. The molecule has 2 amide bonds. The van der Waals surface area contributed by atoms with Gasteiger partial charge >= 0.3 is 0 Å². The predicted octanol–water partition coefficient (Wildman–Crippen LogP) is 2.96. The lowest BCUT2D eigenvalue weighted by Gasteiger charge is -2.12. The smallest absolute Gasteiger partial charge is 0.286 e. The number of hydrogen-bond donors (Lipinski definition) is 1. The van der Waals surface area contributed by atoms with Gasteiger partial charge in [-0.15, -0.1) is 0 Å². The molecule has 0 spiro atoms. The van der Waals surface area contributed by atoms with E-state index in [2.05, 4.69) is 26.2 Å². The zero-order valence-corrected chi connectivity index (χ0v) is 15.2. The van der Waals surface area contributed by atoms with Crippen LogP contribution in [0.1, 0.15) is 19.4 Å². The molecule has 1 aromatic rings. The molecule has 0 aliphatic carbocycles. The minimum Gasteiger partial charge on any atom is -0.493 e. The number of amidine groups is 1. The van der Waals surface area contributed by atoms with Crippen LogP contribution in [-0.4, -0.2) is 30.7 Å². The summed E-state index contributed by atoms with van der Waals surface area (Å²) in [5.41, 5.74) is 0.757. The standard InChI is InChI=1S/C15H15BrN2O4S/c1-4-22-13-10(16)5-9(6-11(13)21-3)7-12-14(20)18-15(23-12)17-8(2)19/h5-7H,4H2,1-3H3,(H,17,18,19,20)/b12-7-. The Morgan fingerprint density at radius 2 is 2.22 bits per heavy atom. The summed E-state index contributed by atoms with van der Waals surface area (Å²) in [6.07, 6.45) is 1.69. The van der Waals surface area contributed by atoms with Gasteiger partial charge in [0.2, 0.25) is 5.91 Å². The van der Waals surface area contributed by atoms with E-state index in [0.717, 1.165) is 21.8 Å². The lowest BCUT2D eigenvalue weighted by atomic mass is 10.2. The lowest BCUT2D eigenvalue weighted by Crippen LogP contribution is -2.23. The summed E-state index contributed by atoms with van der Waals surface area (Å²) in [6.45, 7) is 3.76. The third-order valence-electron chi connectivity index (χ3n) is 2.74. The molecule has 8 heteroatoms. The molecule has 0 aromatic heterocycles. The zero-order valence-electron chi connectivity index (χ0n) is 12.8. The number of methoxy groups -OCH3 is 1. The molecule has 1 aromatic carbocycles. The maximum absolute atomic E-state index is 11.9. The first kappa shape index (κ1) is 17.6. The monoisotopic (exact) mass is 398 g/mol. The molecule has 6 nitrogen and oxygen atoms in total. The third kappa shape index (κ3) is 4.35. The van der Waals surface area contributed by atoms with Crippen LogP contribution < -0.4 is 14.8 Å². The number of ether oxygens (including phenoxy) is 2. The van der Waals surface area contributed by atoms with Crippen LogP contribution >= 0.6 is 27.7 Å². The Bertz CT molecular complexity index is 716. The molecule has 0 saturated carbocycles. The zero-order chi connectivity index (χ0) is 17.0. The second-order valence-corrected chi connectivity index (χ2v) is 6.37. The number of carbonyl (C=O) groups is 2. The fourth-order valence-corrected chi connectivity index (χ4v) is 3.31. The number of nitrogens with one attached hydrogen (secondary N) is 1. The molecule has 0 radical (unpaired) electrons. The van der Waals surface area contributed by atoms with E-state index in [4.69, 9.17) is 9.47 Å². The van der Waals surface area contributed by atoms with Gasteiger partial charge in [0, 0.05) is 6.92 Å². The number of benzene rings is 1.